The maximum Gasteiger partial charge on any atom is 0.0543 e. The molecular formula is C102H72N4. The second-order valence-corrected chi connectivity index (χ2v) is 29.9. The minimum atomic E-state index is -0.0583. The molecule has 500 valence electrons. The summed E-state index contributed by atoms with van der Waals surface area (Å²) in [6, 6.07) is 134. The second kappa shape index (κ2) is 23.6. The van der Waals surface area contributed by atoms with Gasteiger partial charge in [-0.25, -0.2) is 0 Å². The number of para-hydroxylation sites is 4. The summed E-state index contributed by atoms with van der Waals surface area (Å²) in [5.41, 5.74) is 35.1. The van der Waals surface area contributed by atoms with Crippen molar-refractivity contribution in [2.45, 2.75) is 38.5 Å². The first-order chi connectivity index (χ1) is 52.1. The first-order valence-electron chi connectivity index (χ1n) is 37.0. The molecule has 106 heavy (non-hydrogen) atoms. The molecule has 0 radical (unpaired) electrons. The average Bonchev–Trinajstić information content (AvgIpc) is 1.56. The van der Waals surface area contributed by atoms with Gasteiger partial charge < -0.3 is 18.3 Å². The third kappa shape index (κ3) is 9.33. The number of hydrogen-bond acceptors (Lipinski definition) is 0. The fraction of sp³-hybridized carbons (Fsp3) is 0.0588. The van der Waals surface area contributed by atoms with E-state index in [0.29, 0.717) is 0 Å². The van der Waals surface area contributed by atoms with E-state index < -0.39 is 0 Å². The number of benzene rings is 16. The lowest BCUT2D eigenvalue weighted by Gasteiger charge is -2.22. The molecule has 20 aromatic rings. The van der Waals surface area contributed by atoms with E-state index in [4.69, 9.17) is 0 Å². The van der Waals surface area contributed by atoms with Crippen molar-refractivity contribution < 1.29 is 0 Å². The van der Waals surface area contributed by atoms with Gasteiger partial charge in [-0.1, -0.05) is 276 Å². The maximum atomic E-state index is 2.50. The van der Waals surface area contributed by atoms with Crippen LogP contribution in [0.1, 0.15) is 49.9 Å². The second-order valence-electron chi connectivity index (χ2n) is 29.9. The monoisotopic (exact) mass is 1350 g/mol. The SMILES string of the molecule is CC1(C)c2ccccc2-c2ccc(-n3c4ccccc4c4cc(-c5ccc6c(c5)c5ccccc5n6-c5cccc6c5-c5ccccc5C6(C)C)ccc43)cc21.c1ccc(-c2ccc(-n3c4ccccc4c4cc(-c5ccc6c(c5)c5ccccc5n6-c5cccc(-c6ccccc6)c5)ccc43)cc2)cc1. The molecule has 0 aliphatic heterocycles. The Balaban J connectivity index is 0.000000137. The van der Waals surface area contributed by atoms with Crippen LogP contribution in [0.5, 0.6) is 0 Å². The topological polar surface area (TPSA) is 19.7 Å². The fourth-order valence-corrected chi connectivity index (χ4v) is 18.3. The first-order valence-corrected chi connectivity index (χ1v) is 37.0. The van der Waals surface area contributed by atoms with Crippen LogP contribution >= 0.6 is 0 Å². The van der Waals surface area contributed by atoms with Crippen molar-refractivity contribution in [2.24, 2.45) is 0 Å². The Hall–Kier alpha value is -13.3. The van der Waals surface area contributed by atoms with Crippen LogP contribution in [0.25, 0.3) is 177 Å². The minimum absolute atomic E-state index is 0.0569. The van der Waals surface area contributed by atoms with Crippen molar-refractivity contribution in [1.82, 2.24) is 18.3 Å². The summed E-state index contributed by atoms with van der Waals surface area (Å²) in [6.07, 6.45) is 0. The molecule has 4 heteroatoms. The summed E-state index contributed by atoms with van der Waals surface area (Å²) in [5, 5.41) is 10.1. The third-order valence-corrected chi connectivity index (χ3v) is 23.5. The van der Waals surface area contributed by atoms with Crippen LogP contribution < -0.4 is 0 Å². The highest BCUT2D eigenvalue weighted by molar-refractivity contribution is 6.15. The number of hydrogen-bond donors (Lipinski definition) is 0. The summed E-state index contributed by atoms with van der Waals surface area (Å²) < 4.78 is 9.76. The normalized spacial score (nSPS) is 13.2. The van der Waals surface area contributed by atoms with Crippen LogP contribution in [0.3, 0.4) is 0 Å². The molecule has 0 amide bonds. The molecule has 4 aromatic heterocycles. The first kappa shape index (κ1) is 61.4. The zero-order valence-corrected chi connectivity index (χ0v) is 59.4. The summed E-state index contributed by atoms with van der Waals surface area (Å²) >= 11 is 0. The molecule has 0 bridgehead atoms. The third-order valence-electron chi connectivity index (χ3n) is 23.5. The lowest BCUT2D eigenvalue weighted by molar-refractivity contribution is 0.660. The zero-order valence-electron chi connectivity index (χ0n) is 59.4. The molecule has 0 unspecified atom stereocenters. The van der Waals surface area contributed by atoms with E-state index in [0.717, 1.165) is 11.4 Å². The van der Waals surface area contributed by atoms with E-state index in [1.165, 1.54) is 188 Å². The molecule has 0 N–H and O–H groups in total. The largest absolute Gasteiger partial charge is 0.309 e. The number of nitrogens with zero attached hydrogens (tertiary/aromatic N) is 4. The van der Waals surface area contributed by atoms with Crippen molar-refractivity contribution in [1.29, 1.82) is 0 Å². The van der Waals surface area contributed by atoms with Gasteiger partial charge in [-0.05, 0) is 199 Å². The smallest absolute Gasteiger partial charge is 0.0543 e. The van der Waals surface area contributed by atoms with Crippen molar-refractivity contribution in [3.8, 4) is 89.5 Å². The molecule has 0 atom stereocenters. The van der Waals surface area contributed by atoms with Gasteiger partial charge in [0, 0.05) is 76.5 Å². The highest BCUT2D eigenvalue weighted by Crippen LogP contribution is 2.53. The van der Waals surface area contributed by atoms with Crippen LogP contribution in [0.4, 0.5) is 0 Å². The zero-order chi connectivity index (χ0) is 70.5. The van der Waals surface area contributed by atoms with Crippen molar-refractivity contribution >= 4 is 87.2 Å². The molecule has 2 aliphatic carbocycles. The molecule has 22 rings (SSSR count). The molecule has 16 aromatic carbocycles. The van der Waals surface area contributed by atoms with Crippen LogP contribution in [-0.4, -0.2) is 18.3 Å². The highest BCUT2D eigenvalue weighted by Gasteiger charge is 2.38. The highest BCUT2D eigenvalue weighted by atomic mass is 15.0. The number of fused-ring (bicyclic) bond motifs is 18. The van der Waals surface area contributed by atoms with E-state index in [1.54, 1.807) is 0 Å². The Bertz CT molecular complexity index is 6990. The Kier molecular flexibility index (Phi) is 13.7. The Morgan fingerprint density at radius 2 is 0.500 bits per heavy atom. The van der Waals surface area contributed by atoms with Gasteiger partial charge in [0.15, 0.2) is 0 Å². The van der Waals surface area contributed by atoms with E-state index in [1.807, 2.05) is 0 Å². The maximum absolute atomic E-state index is 2.50. The molecule has 4 nitrogen and oxygen atoms in total. The van der Waals surface area contributed by atoms with Gasteiger partial charge in [-0.3, -0.25) is 0 Å². The van der Waals surface area contributed by atoms with E-state index in [9.17, 15) is 0 Å². The van der Waals surface area contributed by atoms with Gasteiger partial charge in [0.25, 0.3) is 0 Å². The molecule has 0 fully saturated rings. The quantitative estimate of drug-likeness (QED) is 0.144. The molecule has 0 saturated carbocycles. The van der Waals surface area contributed by atoms with Gasteiger partial charge in [-0.2, -0.15) is 0 Å². The lowest BCUT2D eigenvalue weighted by atomic mass is 9.82. The van der Waals surface area contributed by atoms with Gasteiger partial charge in [0.1, 0.15) is 0 Å². The Labute approximate surface area is 615 Å². The summed E-state index contributed by atoms with van der Waals surface area (Å²) in [6.45, 7) is 9.44. The molecule has 2 aliphatic rings. The number of rotatable bonds is 8. The summed E-state index contributed by atoms with van der Waals surface area (Å²) in [4.78, 5) is 0. The summed E-state index contributed by atoms with van der Waals surface area (Å²) in [5.74, 6) is 0. The van der Waals surface area contributed by atoms with E-state index in [-0.39, 0.29) is 10.8 Å². The predicted octanol–water partition coefficient (Wildman–Crippen LogP) is 27.0. The predicted molar refractivity (Wildman–Crippen MR) is 447 cm³/mol. The molecular weight excluding hydrogens is 1280 g/mol. The molecule has 0 saturated heterocycles. The number of aromatic nitrogens is 4. The van der Waals surface area contributed by atoms with E-state index >= 15 is 0 Å². The van der Waals surface area contributed by atoms with Gasteiger partial charge in [0.2, 0.25) is 0 Å². The minimum Gasteiger partial charge on any atom is -0.309 e. The Morgan fingerprint density at radius 3 is 1.02 bits per heavy atom. The van der Waals surface area contributed by atoms with Gasteiger partial charge in [0.05, 0.1) is 49.8 Å². The molecule has 0 spiro atoms. The van der Waals surface area contributed by atoms with Crippen molar-refractivity contribution in [2.75, 3.05) is 0 Å². The van der Waals surface area contributed by atoms with Crippen LogP contribution in [0.15, 0.2) is 364 Å². The lowest BCUT2D eigenvalue weighted by Crippen LogP contribution is -2.15. The van der Waals surface area contributed by atoms with Crippen LogP contribution in [-0.2, 0) is 10.8 Å². The van der Waals surface area contributed by atoms with Crippen molar-refractivity contribution in [3.05, 3.63) is 386 Å². The fourth-order valence-electron chi connectivity index (χ4n) is 18.3. The Morgan fingerprint density at radius 1 is 0.179 bits per heavy atom. The van der Waals surface area contributed by atoms with Gasteiger partial charge in [-0.15, -0.1) is 0 Å². The van der Waals surface area contributed by atoms with Gasteiger partial charge >= 0.3 is 0 Å². The standard InChI is InChI=1S/C54H40N2.C48H32N2/c1-53(2)44-19-10-6-17-40(44)52-45(53)20-13-23-51(52)56-48-22-12-8-16-39(48)42-31-34(25-29-50(42)56)33-24-28-49-41(30-33)38-15-7-11-21-47(38)55(49)35-26-27-37-36-14-5-9-18-43(36)54(3,4)46(37)32-35;1-3-12-33(13-4-1)35-22-26-39(27-23-35)49-45-20-9-7-18-41(45)43-31-37(24-28-47(43)49)38-25-29-48-44(32-38)42-19-8-10-21-46(42)50(48)40-17-11-16-36(30-40)34-14-5-2-6-15-34/h5-32H,1-4H3;1-32H. The summed E-state index contributed by atoms with van der Waals surface area (Å²) in [7, 11) is 0. The van der Waals surface area contributed by atoms with Crippen LogP contribution in [0, 0.1) is 0 Å². The van der Waals surface area contributed by atoms with Crippen molar-refractivity contribution in [3.63, 3.8) is 0 Å². The average molecular weight is 1350 g/mol. The molecule has 4 heterocycles. The van der Waals surface area contributed by atoms with E-state index in [2.05, 4.69) is 410 Å². The van der Waals surface area contributed by atoms with Crippen LogP contribution in [0.2, 0.25) is 0 Å².